The number of hydrogen-bond donors (Lipinski definition) is 3. The van der Waals surface area contributed by atoms with E-state index in [4.69, 9.17) is 0 Å². The van der Waals surface area contributed by atoms with Gasteiger partial charge in [-0.15, -0.1) is 0 Å². The summed E-state index contributed by atoms with van der Waals surface area (Å²) in [6.07, 6.45) is 0.747. The van der Waals surface area contributed by atoms with Crippen molar-refractivity contribution in [2.24, 2.45) is 0 Å². The van der Waals surface area contributed by atoms with E-state index in [9.17, 15) is 33.8 Å². The maximum Gasteiger partial charge on any atom is 0.207 e. The molecule has 0 aliphatic rings. The summed E-state index contributed by atoms with van der Waals surface area (Å²) in [6.45, 7) is -0.259. The second-order valence-electron chi connectivity index (χ2n) is 4.71. The van der Waals surface area contributed by atoms with Gasteiger partial charge in [-0.3, -0.25) is 0 Å². The van der Waals surface area contributed by atoms with E-state index < -0.39 is 26.7 Å². The normalized spacial score (nSPS) is 14.5. The Labute approximate surface area is 137 Å². The molecule has 1 aromatic rings. The molecule has 1 rings (SSSR count). The Hall–Kier alpha value is -0.410. The molecule has 0 aromatic heterocycles. The Morgan fingerprint density at radius 1 is 1.22 bits per heavy atom. The van der Waals surface area contributed by atoms with Crippen molar-refractivity contribution >= 4 is 32.6 Å². The highest BCUT2D eigenvalue weighted by Gasteiger charge is 2.36. The minimum Gasteiger partial charge on any atom is -0.808 e. The lowest BCUT2D eigenvalue weighted by Gasteiger charge is -2.55. The van der Waals surface area contributed by atoms with Gasteiger partial charge in [0.05, 0.1) is 6.54 Å². The van der Waals surface area contributed by atoms with Crippen LogP contribution in [0.15, 0.2) is 30.3 Å². The molecule has 1 atom stereocenters. The number of nitrogens with one attached hydrogen (secondary N) is 1. The SMILES string of the molecule is CS[C@@H](Nc1ccccc1)[NH2+]CCC(O)(P(=O)([O-])[O-])P(=O)([O-])[O-]. The first-order valence-corrected chi connectivity index (χ1v) is 10.8. The van der Waals surface area contributed by atoms with Gasteiger partial charge in [-0.05, 0) is 33.6 Å². The predicted octanol–water partition coefficient (Wildman–Crippen LogP) is -2.83. The number of quaternary nitrogens is 1. The highest BCUT2D eigenvalue weighted by atomic mass is 32.2. The third-order valence-corrected chi connectivity index (χ3v) is 7.56. The smallest absolute Gasteiger partial charge is 0.207 e. The molecule has 0 saturated carbocycles. The largest absolute Gasteiger partial charge is 0.808 e. The number of benzene rings is 1. The van der Waals surface area contributed by atoms with Crippen LogP contribution in [0, 0.1) is 0 Å². The molecule has 12 heteroatoms. The van der Waals surface area contributed by atoms with Crippen molar-refractivity contribution in [3.8, 4) is 0 Å². The number of aliphatic hydroxyl groups is 1. The summed E-state index contributed by atoms with van der Waals surface area (Å²) in [5.41, 5.74) is 0.437. The van der Waals surface area contributed by atoms with Gasteiger partial charge in [-0.25, -0.2) is 0 Å². The van der Waals surface area contributed by atoms with Crippen molar-refractivity contribution in [2.45, 2.75) is 17.0 Å². The Bertz CT molecular complexity index is 569. The zero-order chi connectivity index (χ0) is 17.7. The van der Waals surface area contributed by atoms with E-state index in [2.05, 4.69) is 5.32 Å². The van der Waals surface area contributed by atoms with Crippen LogP contribution in [0.1, 0.15) is 6.42 Å². The Balaban J connectivity index is 2.68. The number of thioether (sulfide) groups is 1. The van der Waals surface area contributed by atoms with Gasteiger partial charge in [-0.1, -0.05) is 30.0 Å². The average Bonchev–Trinajstić information content (AvgIpc) is 2.44. The standard InChI is InChI=1S/C11H20N2O7P2S/c1-23-10(13-9-5-3-2-4-6-9)12-8-7-11(14,21(15,16)17)22(18,19)20/h2-6,10,12-14H,7-8H2,1H3,(H2,15,16,17)(H2,18,19,20)/p-3/t10-/m1/s1. The van der Waals surface area contributed by atoms with Crippen LogP contribution < -0.4 is 30.2 Å². The van der Waals surface area contributed by atoms with E-state index in [-0.39, 0.29) is 12.0 Å². The number of hydrogen-bond acceptors (Lipinski definition) is 9. The van der Waals surface area contributed by atoms with Gasteiger partial charge < -0.3 is 44.4 Å². The summed E-state index contributed by atoms with van der Waals surface area (Å²) in [5.74, 6) is 0. The van der Waals surface area contributed by atoms with Gasteiger partial charge in [-0.2, -0.15) is 0 Å². The summed E-state index contributed by atoms with van der Waals surface area (Å²) in [7, 11) is -12.0. The Morgan fingerprint density at radius 3 is 2.17 bits per heavy atom. The minimum atomic E-state index is -6.02. The van der Waals surface area contributed by atoms with Gasteiger partial charge in [0.25, 0.3) is 0 Å². The van der Waals surface area contributed by atoms with Crippen LogP contribution in [0.25, 0.3) is 0 Å². The molecule has 0 saturated heterocycles. The molecule has 0 amide bonds. The van der Waals surface area contributed by atoms with Crippen LogP contribution >= 0.6 is 27.0 Å². The van der Waals surface area contributed by atoms with E-state index in [0.717, 1.165) is 5.69 Å². The summed E-state index contributed by atoms with van der Waals surface area (Å²) in [4.78, 5) is 43.8. The zero-order valence-corrected chi connectivity index (χ0v) is 14.8. The van der Waals surface area contributed by atoms with Crippen LogP contribution in [0.5, 0.6) is 0 Å². The van der Waals surface area contributed by atoms with E-state index in [0.29, 0.717) is 0 Å². The summed E-state index contributed by atoms with van der Waals surface area (Å²) >= 11 is 1.33. The molecule has 0 bridgehead atoms. The maximum absolute atomic E-state index is 11.0. The molecule has 1 aromatic carbocycles. The van der Waals surface area contributed by atoms with Crippen LogP contribution in [-0.2, 0) is 9.13 Å². The van der Waals surface area contributed by atoms with Crippen LogP contribution in [0.2, 0.25) is 0 Å². The summed E-state index contributed by atoms with van der Waals surface area (Å²) in [5, 5.41) is 10.3. The van der Waals surface area contributed by atoms with Crippen molar-refractivity contribution in [3.63, 3.8) is 0 Å². The molecule has 0 aliphatic carbocycles. The minimum absolute atomic E-state index is 0.259. The third kappa shape index (κ3) is 5.56. The molecular weight excluding hydrogens is 366 g/mol. The first kappa shape index (κ1) is 20.6. The predicted molar refractivity (Wildman–Crippen MR) is 78.9 cm³/mol. The van der Waals surface area contributed by atoms with E-state index in [1.54, 1.807) is 30.5 Å². The van der Waals surface area contributed by atoms with Gasteiger partial charge in [0.15, 0.2) is 0 Å². The molecule has 132 valence electrons. The molecule has 0 aliphatic heterocycles. The Morgan fingerprint density at radius 2 is 1.74 bits per heavy atom. The monoisotopic (exact) mass is 383 g/mol. The van der Waals surface area contributed by atoms with Gasteiger partial charge in [0, 0.05) is 12.1 Å². The summed E-state index contributed by atoms with van der Waals surface area (Å²) in [6, 6.07) is 9.01. The molecule has 4 N–H and O–H groups in total. The van der Waals surface area contributed by atoms with Crippen molar-refractivity contribution in [1.29, 1.82) is 0 Å². The lowest BCUT2D eigenvalue weighted by Crippen LogP contribution is -2.91. The van der Waals surface area contributed by atoms with Crippen molar-refractivity contribution in [1.82, 2.24) is 0 Å². The van der Waals surface area contributed by atoms with Crippen molar-refractivity contribution < 1.29 is 39.1 Å². The third-order valence-electron chi connectivity index (χ3n) is 3.07. The van der Waals surface area contributed by atoms with Crippen LogP contribution in [0.4, 0.5) is 5.69 Å². The number of para-hydroxylation sites is 1. The highest BCUT2D eigenvalue weighted by Crippen LogP contribution is 2.60. The fraction of sp³-hybridized carbons (Fsp3) is 0.455. The lowest BCUT2D eigenvalue weighted by atomic mass is 10.3. The lowest BCUT2D eigenvalue weighted by molar-refractivity contribution is -0.663. The molecule has 23 heavy (non-hydrogen) atoms. The fourth-order valence-electron chi connectivity index (χ4n) is 1.76. The van der Waals surface area contributed by atoms with Crippen molar-refractivity contribution in [2.75, 3.05) is 18.1 Å². The van der Waals surface area contributed by atoms with Gasteiger partial charge in [0.2, 0.25) is 5.50 Å². The molecule has 0 heterocycles. The second-order valence-corrected chi connectivity index (χ2v) is 9.51. The average molecular weight is 383 g/mol. The van der Waals surface area contributed by atoms with Crippen LogP contribution in [0.3, 0.4) is 0 Å². The zero-order valence-electron chi connectivity index (χ0n) is 12.2. The maximum atomic E-state index is 11.0. The number of anilines is 1. The van der Waals surface area contributed by atoms with E-state index in [1.165, 1.54) is 17.1 Å². The Kier molecular flexibility index (Phi) is 7.28. The van der Waals surface area contributed by atoms with Crippen LogP contribution in [-0.4, -0.2) is 28.5 Å². The van der Waals surface area contributed by atoms with Gasteiger partial charge in [0.1, 0.15) is 5.08 Å². The molecule has 0 radical (unpaired) electrons. The first-order valence-electron chi connectivity index (χ1n) is 6.45. The van der Waals surface area contributed by atoms with E-state index >= 15 is 0 Å². The highest BCUT2D eigenvalue weighted by molar-refractivity contribution is 7.99. The molecule has 9 nitrogen and oxygen atoms in total. The second kappa shape index (κ2) is 8.11. The molecule has 0 unspecified atom stereocenters. The first-order chi connectivity index (χ1) is 10.5. The van der Waals surface area contributed by atoms with Crippen molar-refractivity contribution in [3.05, 3.63) is 30.3 Å². The molecular formula is C11H17N2O7P2S-3. The fourth-order valence-corrected chi connectivity index (χ4v) is 4.35. The summed E-state index contributed by atoms with van der Waals surface area (Å²) < 4.78 is 21.9. The quantitative estimate of drug-likeness (QED) is 0.300. The topological polar surface area (TPSA) is 175 Å². The molecule has 0 spiro atoms. The number of rotatable bonds is 9. The molecule has 0 fully saturated rings. The van der Waals surface area contributed by atoms with Gasteiger partial charge >= 0.3 is 0 Å². The van der Waals surface area contributed by atoms with E-state index in [1.807, 2.05) is 6.07 Å². The number of nitrogens with two attached hydrogens (primary N) is 1.